The Kier molecular flexibility index (Phi) is 1.42. The molecule has 0 radical (unpaired) electrons. The van der Waals surface area contributed by atoms with Gasteiger partial charge in [-0.3, -0.25) is 0 Å². The molecule has 0 bridgehead atoms. The van der Waals surface area contributed by atoms with E-state index >= 15 is 0 Å². The number of aryl methyl sites for hydroxylation is 1. The van der Waals surface area contributed by atoms with Gasteiger partial charge in [-0.25, -0.2) is 0 Å². The Hall–Kier alpha value is -0.900. The molecule has 0 atom stereocenters. The second-order valence-electron chi connectivity index (χ2n) is 2.55. The van der Waals surface area contributed by atoms with Gasteiger partial charge in [-0.2, -0.15) is 4.98 Å². The van der Waals surface area contributed by atoms with Crippen molar-refractivity contribution in [3.05, 3.63) is 16.0 Å². The van der Waals surface area contributed by atoms with Crippen LogP contribution in [0.2, 0.25) is 0 Å². The average Bonchev–Trinajstić information content (AvgIpc) is 2.34. The van der Waals surface area contributed by atoms with Crippen LogP contribution in [0.4, 0.5) is 0 Å². The highest BCUT2D eigenvalue weighted by Crippen LogP contribution is 2.23. The minimum absolute atomic E-state index is 0.503. The van der Waals surface area contributed by atoms with Crippen LogP contribution in [-0.2, 0) is 6.42 Å². The van der Waals surface area contributed by atoms with Gasteiger partial charge in [0.15, 0.2) is 4.77 Å². The summed E-state index contributed by atoms with van der Waals surface area (Å²) in [4.78, 5) is 7.05. The van der Waals surface area contributed by atoms with Crippen LogP contribution in [0.3, 0.4) is 0 Å². The molecule has 1 aromatic rings. The van der Waals surface area contributed by atoms with E-state index < -0.39 is 0 Å². The van der Waals surface area contributed by atoms with E-state index in [-0.39, 0.29) is 0 Å². The van der Waals surface area contributed by atoms with Crippen LogP contribution in [0.5, 0.6) is 5.88 Å². The van der Waals surface area contributed by atoms with Crippen LogP contribution in [-0.4, -0.2) is 16.6 Å². The molecule has 0 aromatic carbocycles. The predicted octanol–water partition coefficient (Wildman–Crippen LogP) is 1.38. The second kappa shape index (κ2) is 2.30. The first-order valence-corrected chi connectivity index (χ1v) is 3.91. The predicted molar refractivity (Wildman–Crippen MR) is 43.4 cm³/mol. The van der Waals surface area contributed by atoms with Gasteiger partial charge < -0.3 is 9.72 Å². The molecule has 1 aliphatic rings. The fourth-order valence-corrected chi connectivity index (χ4v) is 1.48. The highest BCUT2D eigenvalue weighted by atomic mass is 32.1. The first kappa shape index (κ1) is 6.79. The maximum atomic E-state index is 5.26. The third-order valence-electron chi connectivity index (χ3n) is 1.80. The second-order valence-corrected chi connectivity index (χ2v) is 2.94. The van der Waals surface area contributed by atoms with Gasteiger partial charge in [0.05, 0.1) is 6.61 Å². The van der Waals surface area contributed by atoms with Crippen LogP contribution < -0.4 is 4.74 Å². The van der Waals surface area contributed by atoms with Crippen molar-refractivity contribution in [2.24, 2.45) is 0 Å². The molecule has 0 aliphatic carbocycles. The van der Waals surface area contributed by atoms with Gasteiger partial charge in [-0.05, 0) is 19.1 Å². The van der Waals surface area contributed by atoms with E-state index in [9.17, 15) is 0 Å². The van der Waals surface area contributed by atoms with E-state index in [0.29, 0.717) is 10.7 Å². The molecule has 0 saturated carbocycles. The van der Waals surface area contributed by atoms with Crippen molar-refractivity contribution < 1.29 is 4.74 Å². The van der Waals surface area contributed by atoms with Gasteiger partial charge in [0, 0.05) is 17.7 Å². The lowest BCUT2D eigenvalue weighted by molar-refractivity contribution is 0.344. The molecule has 2 rings (SSSR count). The fraction of sp³-hybridized carbons (Fsp3) is 0.429. The molecule has 1 aliphatic heterocycles. The number of rotatable bonds is 0. The molecule has 3 nitrogen and oxygen atoms in total. The van der Waals surface area contributed by atoms with Crippen molar-refractivity contribution in [1.82, 2.24) is 9.97 Å². The van der Waals surface area contributed by atoms with E-state index in [1.54, 1.807) is 0 Å². The summed E-state index contributed by atoms with van der Waals surface area (Å²) in [5, 5.41) is 0. The van der Waals surface area contributed by atoms with Crippen LogP contribution >= 0.6 is 12.2 Å². The van der Waals surface area contributed by atoms with E-state index in [0.717, 1.165) is 18.7 Å². The third-order valence-corrected chi connectivity index (χ3v) is 1.99. The summed E-state index contributed by atoms with van der Waals surface area (Å²) in [6.07, 6.45) is 0.945. The summed E-state index contributed by atoms with van der Waals surface area (Å²) in [6.45, 7) is 2.72. The van der Waals surface area contributed by atoms with Crippen molar-refractivity contribution in [2.75, 3.05) is 6.61 Å². The summed E-state index contributed by atoms with van der Waals surface area (Å²) >= 11 is 4.89. The fourth-order valence-electron chi connectivity index (χ4n) is 1.25. The van der Waals surface area contributed by atoms with E-state index in [4.69, 9.17) is 17.0 Å². The summed E-state index contributed by atoms with van der Waals surface area (Å²) < 4.78 is 5.77. The molecule has 2 heterocycles. The first-order valence-electron chi connectivity index (χ1n) is 3.50. The monoisotopic (exact) mass is 168 g/mol. The Labute approximate surface area is 69.4 Å². The highest BCUT2D eigenvalue weighted by molar-refractivity contribution is 7.71. The number of hydrogen-bond donors (Lipinski definition) is 1. The van der Waals surface area contributed by atoms with Crippen molar-refractivity contribution in [1.29, 1.82) is 0 Å². The van der Waals surface area contributed by atoms with Gasteiger partial charge in [0.2, 0.25) is 5.88 Å². The molecule has 0 spiro atoms. The zero-order valence-corrected chi connectivity index (χ0v) is 6.99. The molecule has 1 N–H and O–H groups in total. The van der Waals surface area contributed by atoms with Crippen molar-refractivity contribution in [3.63, 3.8) is 0 Å². The molecule has 4 heteroatoms. The number of hydrogen-bond acceptors (Lipinski definition) is 3. The number of nitrogens with zero attached hydrogens (tertiary/aromatic N) is 1. The van der Waals surface area contributed by atoms with Crippen molar-refractivity contribution in [3.8, 4) is 5.88 Å². The van der Waals surface area contributed by atoms with Gasteiger partial charge in [-0.1, -0.05) is 0 Å². The zero-order chi connectivity index (χ0) is 7.84. The molecule has 0 fully saturated rings. The summed E-state index contributed by atoms with van der Waals surface area (Å²) in [5.41, 5.74) is 2.25. The lowest BCUT2D eigenvalue weighted by Gasteiger charge is -1.99. The van der Waals surface area contributed by atoms with Crippen molar-refractivity contribution in [2.45, 2.75) is 13.3 Å². The molecular formula is C7H8N2OS. The molecule has 58 valence electrons. The minimum Gasteiger partial charge on any atom is -0.477 e. The van der Waals surface area contributed by atoms with Crippen LogP contribution in [0.1, 0.15) is 11.3 Å². The maximum Gasteiger partial charge on any atom is 0.221 e. The smallest absolute Gasteiger partial charge is 0.221 e. The van der Waals surface area contributed by atoms with Gasteiger partial charge in [0.25, 0.3) is 0 Å². The van der Waals surface area contributed by atoms with Crippen LogP contribution in [0, 0.1) is 11.7 Å². The third kappa shape index (κ3) is 1.03. The molecule has 0 unspecified atom stereocenters. The number of ether oxygens (including phenoxy) is 1. The number of nitrogens with one attached hydrogen (secondary N) is 1. The standard InChI is InChI=1S/C7H8N2OS/c1-4-5-2-3-10-6(5)9-7(11)8-4/h2-3H2,1H3,(H,8,9,11). The van der Waals surface area contributed by atoms with E-state index in [1.165, 1.54) is 5.56 Å². The zero-order valence-electron chi connectivity index (χ0n) is 6.18. The summed E-state index contributed by atoms with van der Waals surface area (Å²) in [5.74, 6) is 0.714. The molecule has 0 saturated heterocycles. The lowest BCUT2D eigenvalue weighted by Crippen LogP contribution is -1.92. The Bertz CT molecular complexity index is 345. The van der Waals surface area contributed by atoms with E-state index in [1.807, 2.05) is 6.92 Å². The average molecular weight is 168 g/mol. The Morgan fingerprint density at radius 3 is 3.27 bits per heavy atom. The Morgan fingerprint density at radius 2 is 2.45 bits per heavy atom. The van der Waals surface area contributed by atoms with Gasteiger partial charge in [0.1, 0.15) is 0 Å². The minimum atomic E-state index is 0.503. The topological polar surface area (TPSA) is 37.9 Å². The summed E-state index contributed by atoms with van der Waals surface area (Å²) in [6, 6.07) is 0. The SMILES string of the molecule is Cc1[nH]c(=S)nc2c1CCO2. The molecule has 11 heavy (non-hydrogen) atoms. The number of aromatic amines is 1. The Morgan fingerprint density at radius 1 is 1.64 bits per heavy atom. The van der Waals surface area contributed by atoms with E-state index in [2.05, 4.69) is 9.97 Å². The highest BCUT2D eigenvalue weighted by Gasteiger charge is 2.15. The van der Waals surface area contributed by atoms with Crippen molar-refractivity contribution >= 4 is 12.2 Å². The number of fused-ring (bicyclic) bond motifs is 1. The first-order chi connectivity index (χ1) is 5.27. The normalized spacial score (nSPS) is 14.3. The summed E-state index contributed by atoms with van der Waals surface area (Å²) in [7, 11) is 0. The Balaban J connectivity index is 2.70. The molecule has 0 amide bonds. The van der Waals surface area contributed by atoms with Gasteiger partial charge in [-0.15, -0.1) is 0 Å². The molecular weight excluding hydrogens is 160 g/mol. The van der Waals surface area contributed by atoms with Crippen LogP contribution in [0.15, 0.2) is 0 Å². The number of H-pyrrole nitrogens is 1. The van der Waals surface area contributed by atoms with Crippen LogP contribution in [0.25, 0.3) is 0 Å². The quantitative estimate of drug-likeness (QED) is 0.595. The maximum absolute atomic E-state index is 5.26. The van der Waals surface area contributed by atoms with Gasteiger partial charge >= 0.3 is 0 Å². The lowest BCUT2D eigenvalue weighted by atomic mass is 10.2. The molecule has 1 aromatic heterocycles. The number of aromatic nitrogens is 2. The largest absolute Gasteiger partial charge is 0.477 e.